The van der Waals surface area contributed by atoms with E-state index in [0.29, 0.717) is 11.1 Å². The van der Waals surface area contributed by atoms with Crippen molar-refractivity contribution in [2.45, 2.75) is 33.4 Å². The average Bonchev–Trinajstić information content (AvgIpc) is 2.91. The lowest BCUT2D eigenvalue weighted by atomic mass is 9.85. The second-order valence-corrected chi connectivity index (χ2v) is 16.4. The smallest absolute Gasteiger partial charge is 0.199 e. The van der Waals surface area contributed by atoms with Gasteiger partial charge in [0, 0.05) is 55.1 Å². The number of allylic oxidation sites excluding steroid dienone is 5. The molecular weight excluding hydrogens is 571 g/mol. The number of hydrogen-bond acceptors (Lipinski definition) is 5. The number of nitrogens with zero attached hydrogens (tertiary/aromatic N) is 3. The molecule has 1 aliphatic carbocycles. The van der Waals surface area contributed by atoms with Crippen molar-refractivity contribution in [2.24, 2.45) is 0 Å². The van der Waals surface area contributed by atoms with Crippen molar-refractivity contribution in [2.75, 3.05) is 62.3 Å². The van der Waals surface area contributed by atoms with Gasteiger partial charge in [-0.3, -0.25) is 0 Å². The first-order valence-corrected chi connectivity index (χ1v) is 17.6. The number of carbonyl (C=O) groups excluding carboxylic acids is 1. The van der Waals surface area contributed by atoms with Crippen molar-refractivity contribution in [3.05, 3.63) is 81.3 Å². The Hall–Kier alpha value is -3.63. The van der Waals surface area contributed by atoms with E-state index in [1.54, 1.807) is 0 Å². The van der Waals surface area contributed by atoms with Gasteiger partial charge >= 0.3 is 0 Å². The Bertz CT molecular complexity index is 1660. The summed E-state index contributed by atoms with van der Waals surface area (Å²) in [7, 11) is -2.43. The molecule has 3 fully saturated rings. The Morgan fingerprint density at radius 3 is 2.28 bits per heavy atom. The van der Waals surface area contributed by atoms with Gasteiger partial charge in [0.25, 0.3) is 0 Å². The zero-order valence-electron chi connectivity index (χ0n) is 23.7. The highest BCUT2D eigenvalue weighted by molar-refractivity contribution is 6.98. The predicted molar refractivity (Wildman–Crippen MR) is 164 cm³/mol. The summed E-state index contributed by atoms with van der Waals surface area (Å²) in [5.41, 5.74) is 1.57. The van der Waals surface area contributed by atoms with Crippen LogP contribution in [0.2, 0.25) is 13.1 Å². The second kappa shape index (κ2) is 10.8. The normalized spacial score (nSPS) is 20.5. The Labute approximate surface area is 251 Å². The van der Waals surface area contributed by atoms with Crippen LogP contribution in [-0.2, 0) is 4.74 Å². The standard InChI is InChI=1S/C32H32F3N3O3Si.CH4/c1-42(2)23-17-19(36-9-3-10-36)5-7-21(23)25(22-8-6-20(18-24(22)42)37-11-4-12-37)26-27(32(39)40)28(33)30(35)31(29(26)34)38-13-15-41-16-14-38;/h5-8,17-18H,3-4,9-16H2,1-2H3;1H4. The van der Waals surface area contributed by atoms with E-state index < -0.39 is 48.3 Å². The topological polar surface area (TPSA) is 58.9 Å². The summed E-state index contributed by atoms with van der Waals surface area (Å²) in [6.07, 6.45) is 8.21. The number of rotatable bonds is 4. The fourth-order valence-electron chi connectivity index (χ4n) is 6.78. The molecule has 0 saturated carbocycles. The number of carboxylic acids is 1. The van der Waals surface area contributed by atoms with Gasteiger partial charge in [-0.05, 0) is 51.7 Å². The Kier molecular flexibility index (Phi) is 7.41. The predicted octanol–water partition coefficient (Wildman–Crippen LogP) is 3.77. The molecule has 0 radical (unpaired) electrons. The zero-order chi connectivity index (χ0) is 29.3. The number of carbonyl (C=O) groups is 1. The Morgan fingerprint density at radius 2 is 1.67 bits per heavy atom. The summed E-state index contributed by atoms with van der Waals surface area (Å²) in [6, 6.07) is 5.99. The van der Waals surface area contributed by atoms with Gasteiger partial charge in [-0.25, -0.2) is 17.7 Å². The van der Waals surface area contributed by atoms with E-state index in [1.165, 1.54) is 4.90 Å². The van der Waals surface area contributed by atoms with Crippen LogP contribution in [0.25, 0.3) is 5.57 Å². The van der Waals surface area contributed by atoms with Gasteiger partial charge in [0.2, 0.25) is 0 Å². The van der Waals surface area contributed by atoms with Crippen molar-refractivity contribution in [3.63, 3.8) is 0 Å². The van der Waals surface area contributed by atoms with Crippen molar-refractivity contribution in [1.82, 2.24) is 0 Å². The lowest BCUT2D eigenvalue weighted by Gasteiger charge is -2.40. The van der Waals surface area contributed by atoms with E-state index in [2.05, 4.69) is 34.7 Å². The lowest BCUT2D eigenvalue weighted by Crippen LogP contribution is -2.50. The summed E-state index contributed by atoms with van der Waals surface area (Å²) in [5, 5.41) is 14.5. The molecule has 2 aromatic carbocycles. The molecule has 0 aromatic heterocycles. The van der Waals surface area contributed by atoms with Crippen molar-refractivity contribution >= 4 is 41.9 Å². The summed E-state index contributed by atoms with van der Waals surface area (Å²) in [5.74, 6) is -6.19. The largest absolute Gasteiger partial charge is 0.545 e. The molecule has 0 bridgehead atoms. The summed E-state index contributed by atoms with van der Waals surface area (Å²) < 4.78 is 55.7. The third kappa shape index (κ3) is 4.48. The summed E-state index contributed by atoms with van der Waals surface area (Å²) >= 11 is 0. The van der Waals surface area contributed by atoms with Crippen LogP contribution in [0.5, 0.6) is 0 Å². The van der Waals surface area contributed by atoms with Gasteiger partial charge in [-0.2, -0.15) is 0 Å². The molecule has 0 atom stereocenters. The monoisotopic (exact) mass is 607 g/mol. The van der Waals surface area contributed by atoms with Crippen LogP contribution in [0.15, 0.2) is 47.2 Å². The third-order valence-corrected chi connectivity index (χ3v) is 12.9. The van der Waals surface area contributed by atoms with Crippen LogP contribution < -0.4 is 20.1 Å². The number of hydrogen-bond donors (Lipinski definition) is 0. The maximum Gasteiger partial charge on any atom is 0.199 e. The molecule has 2 aromatic rings. The van der Waals surface area contributed by atoms with Gasteiger partial charge < -0.3 is 24.4 Å². The van der Waals surface area contributed by atoms with Crippen LogP contribution in [0.1, 0.15) is 41.8 Å². The molecule has 0 spiro atoms. The minimum absolute atomic E-state index is 0. The molecule has 3 saturated heterocycles. The molecule has 4 aliphatic heterocycles. The highest BCUT2D eigenvalue weighted by Gasteiger charge is 2.43. The summed E-state index contributed by atoms with van der Waals surface area (Å²) in [4.78, 5) is 16.1. The maximum atomic E-state index is 16.8. The zero-order valence-corrected chi connectivity index (χ0v) is 24.7. The molecule has 4 heterocycles. The van der Waals surface area contributed by atoms with Crippen LogP contribution in [-0.4, -0.2) is 76.8 Å². The number of benzene rings is 2. The quantitative estimate of drug-likeness (QED) is 0.301. The van der Waals surface area contributed by atoms with Gasteiger partial charge in [0.1, 0.15) is 26.9 Å². The molecule has 0 N–H and O–H groups in total. The Balaban J connectivity index is 0.00000329. The van der Waals surface area contributed by atoms with Crippen molar-refractivity contribution < 1.29 is 32.4 Å². The van der Waals surface area contributed by atoms with E-state index in [1.807, 2.05) is 24.3 Å². The molecule has 0 unspecified atom stereocenters. The highest BCUT2D eigenvalue weighted by Crippen LogP contribution is 2.46. The molecule has 226 valence electrons. The van der Waals surface area contributed by atoms with Gasteiger partial charge in [-0.1, -0.05) is 26.6 Å². The first-order valence-electron chi connectivity index (χ1n) is 14.6. The fraction of sp³-hybridized carbons (Fsp3) is 0.394. The van der Waals surface area contributed by atoms with Gasteiger partial charge in [-0.15, -0.1) is 0 Å². The SMILES string of the molecule is C.C[Si]1(C)C2=CC(=[N+]3CCC3)C=CC2=C(c2c(F)c(N3CCOCC3)c(F)c(F)c2C(=O)[O-])c2ccc(N3CCC3)cc21. The molecule has 5 aliphatic rings. The van der Waals surface area contributed by atoms with E-state index in [-0.39, 0.29) is 39.3 Å². The number of anilines is 2. The van der Waals surface area contributed by atoms with Gasteiger partial charge in [0.15, 0.2) is 23.2 Å². The van der Waals surface area contributed by atoms with Crippen LogP contribution in [0, 0.1) is 17.5 Å². The molecule has 0 amide bonds. The molecule has 6 nitrogen and oxygen atoms in total. The Morgan fingerprint density at radius 1 is 0.953 bits per heavy atom. The van der Waals surface area contributed by atoms with Crippen molar-refractivity contribution in [1.29, 1.82) is 0 Å². The van der Waals surface area contributed by atoms with E-state index >= 15 is 13.2 Å². The number of carboxylic acid groups (broad SMARTS) is 1. The highest BCUT2D eigenvalue weighted by atomic mass is 28.3. The third-order valence-electron chi connectivity index (χ3n) is 9.41. The molecule has 10 heteroatoms. The number of ether oxygens (including phenoxy) is 1. The molecule has 7 rings (SSSR count). The number of aromatic carboxylic acids is 1. The molecular formula is C33H36F3N3O3Si. The number of halogens is 3. The average molecular weight is 608 g/mol. The minimum Gasteiger partial charge on any atom is -0.545 e. The first kappa shape index (κ1) is 29.4. The minimum atomic E-state index is -2.43. The van der Waals surface area contributed by atoms with E-state index in [0.717, 1.165) is 60.8 Å². The first-order chi connectivity index (χ1) is 20.2. The fourth-order valence-corrected chi connectivity index (χ4v) is 9.85. The van der Waals surface area contributed by atoms with E-state index in [9.17, 15) is 9.90 Å². The number of morpholine rings is 1. The van der Waals surface area contributed by atoms with Gasteiger partial charge in [0.05, 0.1) is 25.6 Å². The number of fused-ring (bicyclic) bond motifs is 2. The molecule has 43 heavy (non-hydrogen) atoms. The van der Waals surface area contributed by atoms with E-state index in [4.69, 9.17) is 4.74 Å². The van der Waals surface area contributed by atoms with Crippen LogP contribution in [0.3, 0.4) is 0 Å². The van der Waals surface area contributed by atoms with Crippen LogP contribution in [0.4, 0.5) is 24.5 Å². The maximum absolute atomic E-state index is 16.8. The lowest BCUT2D eigenvalue weighted by molar-refractivity contribution is -0.582. The second-order valence-electron chi connectivity index (χ2n) is 12.1. The summed E-state index contributed by atoms with van der Waals surface area (Å²) in [6.45, 7) is 9.01. The van der Waals surface area contributed by atoms with Crippen LogP contribution >= 0.6 is 0 Å². The van der Waals surface area contributed by atoms with Crippen molar-refractivity contribution in [3.8, 4) is 0 Å².